The molecule has 1 fully saturated rings. The number of hydrogen-bond donors (Lipinski definition) is 11. The number of aromatic nitrogens is 3. The molecule has 0 saturated carbocycles. The van der Waals surface area contributed by atoms with Gasteiger partial charge in [0.1, 0.15) is 42.5 Å². The van der Waals surface area contributed by atoms with Crippen molar-refractivity contribution in [3.8, 4) is 5.75 Å². The maximum Gasteiger partial charge on any atom is 0.322 e. The van der Waals surface area contributed by atoms with E-state index in [0.717, 1.165) is 10.9 Å². The predicted octanol–water partition coefficient (Wildman–Crippen LogP) is -1.96. The Bertz CT molecular complexity index is 2020. The smallest absolute Gasteiger partial charge is 0.322 e. The summed E-state index contributed by atoms with van der Waals surface area (Å²) in [6.07, 6.45) is 4.58. The number of phenols is 1. The third-order valence-corrected chi connectivity index (χ3v) is 8.89. The van der Waals surface area contributed by atoms with Gasteiger partial charge in [-0.25, -0.2) is 4.98 Å². The average Bonchev–Trinajstić information content (AvgIpc) is 3.94. The van der Waals surface area contributed by atoms with Gasteiger partial charge in [-0.1, -0.05) is 30.3 Å². The van der Waals surface area contributed by atoms with Crippen molar-refractivity contribution >= 4 is 52.3 Å². The molecule has 4 aromatic rings. The zero-order valence-electron chi connectivity index (χ0n) is 29.3. The Morgan fingerprint density at radius 2 is 1.45 bits per heavy atom. The van der Waals surface area contributed by atoms with E-state index in [1.165, 1.54) is 36.8 Å². The van der Waals surface area contributed by atoms with Gasteiger partial charge in [0.05, 0.1) is 12.9 Å². The van der Waals surface area contributed by atoms with Crippen LogP contribution >= 0.6 is 0 Å². The topological polar surface area (TPSA) is 297 Å². The van der Waals surface area contributed by atoms with Gasteiger partial charge in [-0.15, -0.1) is 0 Å². The number of aliphatic hydroxyl groups excluding tert-OH is 1. The second-order valence-electron chi connectivity index (χ2n) is 12.9. The Morgan fingerprint density at radius 3 is 2.09 bits per heavy atom. The molecule has 0 bridgehead atoms. The molecule has 290 valence electrons. The van der Waals surface area contributed by atoms with E-state index in [2.05, 4.69) is 46.9 Å². The number of nitrogens with zero attached hydrogens (tertiary/aromatic N) is 1. The number of rotatable bonds is 18. The van der Waals surface area contributed by atoms with Crippen LogP contribution in [0.3, 0.4) is 0 Å². The lowest BCUT2D eigenvalue weighted by Gasteiger charge is -2.26. The molecule has 0 radical (unpaired) electrons. The summed E-state index contributed by atoms with van der Waals surface area (Å²) in [5.74, 6) is -5.81. The highest BCUT2D eigenvalue weighted by molar-refractivity contribution is 5.98. The van der Waals surface area contributed by atoms with Crippen LogP contribution in [0.15, 0.2) is 67.3 Å². The zero-order valence-corrected chi connectivity index (χ0v) is 29.3. The number of aliphatic carboxylic acids is 1. The van der Waals surface area contributed by atoms with E-state index >= 15 is 0 Å². The van der Waals surface area contributed by atoms with Gasteiger partial charge in [0.25, 0.3) is 0 Å². The van der Waals surface area contributed by atoms with Gasteiger partial charge in [-0.3, -0.25) is 33.6 Å². The van der Waals surface area contributed by atoms with Crippen molar-refractivity contribution in [2.24, 2.45) is 0 Å². The summed E-state index contributed by atoms with van der Waals surface area (Å²) in [6.45, 7) is -1.67. The van der Waals surface area contributed by atoms with Crippen molar-refractivity contribution in [1.82, 2.24) is 46.9 Å². The molecule has 1 saturated heterocycles. The Labute approximate surface area is 313 Å². The van der Waals surface area contributed by atoms with Crippen molar-refractivity contribution in [3.63, 3.8) is 0 Å². The molecule has 6 amide bonds. The molecule has 5 atom stereocenters. The van der Waals surface area contributed by atoms with Gasteiger partial charge < -0.3 is 57.2 Å². The molecule has 19 heteroatoms. The van der Waals surface area contributed by atoms with Crippen molar-refractivity contribution in [2.45, 2.75) is 62.3 Å². The van der Waals surface area contributed by atoms with Crippen LogP contribution in [0.1, 0.15) is 29.7 Å². The largest absolute Gasteiger partial charge is 0.508 e. The minimum atomic E-state index is -1.64. The number of hydrogen-bond acceptors (Lipinski definition) is 10. The number of H-pyrrole nitrogens is 2. The van der Waals surface area contributed by atoms with Crippen LogP contribution in [0.4, 0.5) is 0 Å². The minimum absolute atomic E-state index is 0.0469. The number of imidazole rings is 1. The van der Waals surface area contributed by atoms with Gasteiger partial charge in [0, 0.05) is 54.7 Å². The number of aromatic amines is 2. The Balaban J connectivity index is 1.36. The van der Waals surface area contributed by atoms with Crippen LogP contribution in [0.25, 0.3) is 10.9 Å². The lowest BCUT2D eigenvalue weighted by molar-refractivity contribution is -0.138. The van der Waals surface area contributed by atoms with Crippen LogP contribution in [0.2, 0.25) is 0 Å². The van der Waals surface area contributed by atoms with E-state index in [-0.39, 0.29) is 43.8 Å². The summed E-state index contributed by atoms with van der Waals surface area (Å²) in [4.78, 5) is 100. The van der Waals surface area contributed by atoms with Crippen LogP contribution in [0, 0.1) is 0 Å². The maximum atomic E-state index is 14.0. The first kappa shape index (κ1) is 39.4. The van der Waals surface area contributed by atoms with Crippen molar-refractivity contribution in [2.75, 3.05) is 13.2 Å². The van der Waals surface area contributed by atoms with Crippen LogP contribution in [-0.2, 0) is 52.8 Å². The number of nitrogens with one attached hydrogen (secondary N) is 8. The molecule has 1 aliphatic rings. The number of carboxylic acid groups (broad SMARTS) is 1. The quantitative estimate of drug-likeness (QED) is 0.0529. The first-order valence-corrected chi connectivity index (χ1v) is 17.3. The van der Waals surface area contributed by atoms with E-state index in [4.69, 9.17) is 5.11 Å². The lowest BCUT2D eigenvalue weighted by Crippen LogP contribution is -2.60. The van der Waals surface area contributed by atoms with Crippen LogP contribution < -0.4 is 31.9 Å². The number of benzene rings is 2. The zero-order chi connectivity index (χ0) is 39.5. The molecule has 0 aliphatic carbocycles. The number of carboxylic acids is 1. The Morgan fingerprint density at radius 1 is 0.800 bits per heavy atom. The monoisotopic (exact) mass is 759 g/mol. The summed E-state index contributed by atoms with van der Waals surface area (Å²) in [7, 11) is 0. The van der Waals surface area contributed by atoms with E-state index in [0.29, 0.717) is 16.8 Å². The third kappa shape index (κ3) is 10.9. The minimum Gasteiger partial charge on any atom is -0.508 e. The number of phenolic OH excluding ortho intramolecular Hbond substituents is 1. The predicted molar refractivity (Wildman–Crippen MR) is 193 cm³/mol. The second kappa shape index (κ2) is 18.3. The maximum absolute atomic E-state index is 14.0. The van der Waals surface area contributed by atoms with Crippen LogP contribution in [0.5, 0.6) is 5.75 Å². The first-order chi connectivity index (χ1) is 26.4. The van der Waals surface area contributed by atoms with E-state index in [1.54, 1.807) is 12.3 Å². The fourth-order valence-corrected chi connectivity index (χ4v) is 6.01. The molecule has 11 N–H and O–H groups in total. The van der Waals surface area contributed by atoms with E-state index in [1.807, 2.05) is 18.2 Å². The highest BCUT2D eigenvalue weighted by Crippen LogP contribution is 2.20. The summed E-state index contributed by atoms with van der Waals surface area (Å²) in [5, 5.41) is 44.6. The van der Waals surface area contributed by atoms with Gasteiger partial charge in [0.15, 0.2) is 0 Å². The fourth-order valence-electron chi connectivity index (χ4n) is 6.01. The first-order valence-electron chi connectivity index (χ1n) is 17.3. The summed E-state index contributed by atoms with van der Waals surface area (Å²) >= 11 is 0. The molecule has 5 rings (SSSR count). The van der Waals surface area contributed by atoms with E-state index in [9.17, 15) is 43.8 Å². The van der Waals surface area contributed by atoms with Crippen molar-refractivity contribution < 1.29 is 48.9 Å². The van der Waals surface area contributed by atoms with Gasteiger partial charge >= 0.3 is 5.97 Å². The van der Waals surface area contributed by atoms with Gasteiger partial charge in [-0.05, 0) is 35.7 Å². The van der Waals surface area contributed by atoms with E-state index < -0.39 is 78.9 Å². The molecule has 19 nitrogen and oxygen atoms in total. The fraction of sp³-hybridized carbons (Fsp3) is 0.333. The Kier molecular flexibility index (Phi) is 13.1. The number of aromatic hydroxyl groups is 1. The molecule has 2 aromatic carbocycles. The normalized spacial score (nSPS) is 15.9. The van der Waals surface area contributed by atoms with Gasteiger partial charge in [0.2, 0.25) is 35.4 Å². The molecule has 0 spiro atoms. The molecular formula is C36H41N9O10. The molecule has 55 heavy (non-hydrogen) atoms. The third-order valence-electron chi connectivity index (χ3n) is 8.89. The van der Waals surface area contributed by atoms with Crippen LogP contribution in [-0.4, -0.2) is 115 Å². The number of fused-ring (bicyclic) bond motifs is 1. The number of aliphatic hydroxyl groups is 1. The van der Waals surface area contributed by atoms with Crippen molar-refractivity contribution in [3.05, 3.63) is 84.1 Å². The molecular weight excluding hydrogens is 718 g/mol. The molecule has 2 aromatic heterocycles. The molecule has 3 heterocycles. The highest BCUT2D eigenvalue weighted by Gasteiger charge is 2.34. The number of para-hydroxylation sites is 1. The average molecular weight is 760 g/mol. The number of carbonyl (C=O) groups excluding carboxylic acids is 6. The summed E-state index contributed by atoms with van der Waals surface area (Å²) in [6, 6.07) is 6.45. The Hall–Kier alpha value is -6.76. The summed E-state index contributed by atoms with van der Waals surface area (Å²) < 4.78 is 0. The second-order valence-corrected chi connectivity index (χ2v) is 12.9. The SMILES string of the molecule is O=C(O)CNC(=O)[C@H](Cc1ccc(O)cc1)NC(=O)[C@H](CO)NC(=O)[C@H](Cc1c[nH]c2ccccc12)NC(=O)[C@H](Cc1cnc[nH]1)NC(=O)[C@H]1CCC(=O)N1. The van der Waals surface area contributed by atoms with Crippen molar-refractivity contribution in [1.29, 1.82) is 0 Å². The number of carbonyl (C=O) groups is 7. The molecule has 1 aliphatic heterocycles. The van der Waals surface area contributed by atoms with Gasteiger partial charge in [-0.2, -0.15) is 0 Å². The standard InChI is InChI=1S/C36H41N9O10/c46-17-29(36(55)42-26(32(51)39-16-31(49)50)11-19-5-7-22(47)8-6-19)45-34(53)27(12-20-14-38-24-4-2-1-3-23(20)24)43-35(54)28(13-21-15-37-18-40-21)44-33(52)25-9-10-30(48)41-25/h1-8,14-15,18,25-29,38,46-47H,9-13,16-17H2,(H,37,40)(H,39,51)(H,41,48)(H,42,55)(H,43,54)(H,44,52)(H,45,53)(H,49,50)/t25-,26+,27+,28+,29+/m1/s1. The lowest BCUT2D eigenvalue weighted by atomic mass is 10.0. The molecule has 0 unspecified atom stereocenters. The highest BCUT2D eigenvalue weighted by atomic mass is 16.4. The number of amides is 6. The summed E-state index contributed by atoms with van der Waals surface area (Å²) in [5.41, 5.74) is 2.35.